The van der Waals surface area contributed by atoms with Gasteiger partial charge in [-0.1, -0.05) is 12.1 Å². The first-order valence-electron chi connectivity index (χ1n) is 5.25. The summed E-state index contributed by atoms with van der Waals surface area (Å²) in [4.78, 5) is 3.96. The zero-order valence-corrected chi connectivity index (χ0v) is 11.3. The summed E-state index contributed by atoms with van der Waals surface area (Å²) >= 11 is 3.29. The summed E-state index contributed by atoms with van der Waals surface area (Å²) in [6, 6.07) is 6.72. The molecule has 0 bridgehead atoms. The maximum absolute atomic E-state index is 13.8. The normalized spacial score (nSPS) is 10.2. The Balaban J connectivity index is 2.11. The Morgan fingerprint density at radius 3 is 2.89 bits per heavy atom. The van der Waals surface area contributed by atoms with Gasteiger partial charge in [0.25, 0.3) is 0 Å². The van der Waals surface area contributed by atoms with Crippen LogP contribution in [0.1, 0.15) is 5.56 Å². The maximum Gasteiger partial charge on any atom is 0.171 e. The van der Waals surface area contributed by atoms with Crippen molar-refractivity contribution >= 4 is 15.9 Å². The number of hydrogen-bond donors (Lipinski definition) is 0. The molecule has 18 heavy (non-hydrogen) atoms. The van der Waals surface area contributed by atoms with Crippen LogP contribution in [0.25, 0.3) is 0 Å². The van der Waals surface area contributed by atoms with Gasteiger partial charge in [-0.05, 0) is 28.1 Å². The smallest absolute Gasteiger partial charge is 0.171 e. The quantitative estimate of drug-likeness (QED) is 0.865. The third-order valence-corrected chi connectivity index (χ3v) is 2.77. The highest BCUT2D eigenvalue weighted by molar-refractivity contribution is 9.10. The average molecular weight is 312 g/mol. The first-order valence-corrected chi connectivity index (χ1v) is 6.04. The fourth-order valence-electron chi connectivity index (χ4n) is 1.46. The monoisotopic (exact) mass is 311 g/mol. The van der Waals surface area contributed by atoms with Crippen molar-refractivity contribution in [3.63, 3.8) is 0 Å². The van der Waals surface area contributed by atoms with E-state index in [2.05, 4.69) is 20.9 Å². The number of rotatable bonds is 4. The minimum Gasteiger partial charge on any atom is -0.494 e. The van der Waals surface area contributed by atoms with Gasteiger partial charge in [0, 0.05) is 16.2 Å². The molecule has 1 aromatic heterocycles. The van der Waals surface area contributed by atoms with Crippen LogP contribution in [0.5, 0.6) is 11.5 Å². The number of benzene rings is 1. The van der Waals surface area contributed by atoms with E-state index in [1.165, 1.54) is 7.11 Å². The Labute approximate surface area is 113 Å². The van der Waals surface area contributed by atoms with Crippen LogP contribution in [-0.2, 0) is 6.61 Å². The Bertz CT molecular complexity index is 548. The SMILES string of the molecule is COc1cccc(COc2cncc(Br)c2)c1F. The predicted octanol–water partition coefficient (Wildman–Crippen LogP) is 3.57. The number of methoxy groups -OCH3 is 1. The molecule has 94 valence electrons. The third-order valence-electron chi connectivity index (χ3n) is 2.34. The molecule has 0 radical (unpaired) electrons. The van der Waals surface area contributed by atoms with Crippen molar-refractivity contribution in [2.45, 2.75) is 6.61 Å². The van der Waals surface area contributed by atoms with Gasteiger partial charge in [-0.3, -0.25) is 4.98 Å². The van der Waals surface area contributed by atoms with Gasteiger partial charge in [-0.25, -0.2) is 4.39 Å². The van der Waals surface area contributed by atoms with E-state index in [1.54, 1.807) is 36.7 Å². The summed E-state index contributed by atoms with van der Waals surface area (Å²) in [5.74, 6) is 0.387. The van der Waals surface area contributed by atoms with E-state index in [0.717, 1.165) is 4.47 Å². The summed E-state index contributed by atoms with van der Waals surface area (Å²) in [5, 5.41) is 0. The van der Waals surface area contributed by atoms with Gasteiger partial charge in [0.1, 0.15) is 12.4 Å². The molecule has 0 unspecified atom stereocenters. The molecular formula is C13H11BrFNO2. The van der Waals surface area contributed by atoms with Crippen LogP contribution in [-0.4, -0.2) is 12.1 Å². The molecule has 1 heterocycles. The lowest BCUT2D eigenvalue weighted by molar-refractivity contribution is 0.294. The zero-order valence-electron chi connectivity index (χ0n) is 9.69. The molecule has 0 N–H and O–H groups in total. The fraction of sp³-hybridized carbons (Fsp3) is 0.154. The lowest BCUT2D eigenvalue weighted by atomic mass is 10.2. The predicted molar refractivity (Wildman–Crippen MR) is 69.2 cm³/mol. The second-order valence-corrected chi connectivity index (χ2v) is 4.48. The molecule has 0 saturated heterocycles. The van der Waals surface area contributed by atoms with Crippen LogP contribution < -0.4 is 9.47 Å². The maximum atomic E-state index is 13.8. The van der Waals surface area contributed by atoms with Crippen LogP contribution in [0.2, 0.25) is 0 Å². The first-order chi connectivity index (χ1) is 8.70. The topological polar surface area (TPSA) is 31.4 Å². The Kier molecular flexibility index (Phi) is 4.15. The highest BCUT2D eigenvalue weighted by Crippen LogP contribution is 2.22. The van der Waals surface area contributed by atoms with Crippen molar-refractivity contribution in [3.05, 3.63) is 52.5 Å². The highest BCUT2D eigenvalue weighted by Gasteiger charge is 2.08. The minimum absolute atomic E-state index is 0.126. The van der Waals surface area contributed by atoms with Crippen molar-refractivity contribution in [2.75, 3.05) is 7.11 Å². The van der Waals surface area contributed by atoms with Gasteiger partial charge in [0.2, 0.25) is 0 Å². The van der Waals surface area contributed by atoms with Gasteiger partial charge in [0.15, 0.2) is 11.6 Å². The third kappa shape index (κ3) is 2.98. The molecule has 0 saturated carbocycles. The molecule has 0 aliphatic carbocycles. The van der Waals surface area contributed by atoms with E-state index in [1.807, 2.05) is 0 Å². The van der Waals surface area contributed by atoms with Gasteiger partial charge in [0.05, 0.1) is 13.3 Å². The fourth-order valence-corrected chi connectivity index (χ4v) is 1.80. The van der Waals surface area contributed by atoms with Crippen molar-refractivity contribution in [2.24, 2.45) is 0 Å². The van der Waals surface area contributed by atoms with Gasteiger partial charge < -0.3 is 9.47 Å². The van der Waals surface area contributed by atoms with E-state index >= 15 is 0 Å². The van der Waals surface area contributed by atoms with Crippen LogP contribution >= 0.6 is 15.9 Å². The van der Waals surface area contributed by atoms with Crippen molar-refractivity contribution in [1.29, 1.82) is 0 Å². The van der Waals surface area contributed by atoms with Gasteiger partial charge in [-0.15, -0.1) is 0 Å². The number of halogens is 2. The lowest BCUT2D eigenvalue weighted by Gasteiger charge is -2.09. The van der Waals surface area contributed by atoms with Crippen LogP contribution in [0.3, 0.4) is 0 Å². The van der Waals surface area contributed by atoms with Crippen molar-refractivity contribution in [1.82, 2.24) is 4.98 Å². The highest BCUT2D eigenvalue weighted by atomic mass is 79.9. The molecule has 2 aromatic rings. The molecule has 0 aliphatic rings. The average Bonchev–Trinajstić information content (AvgIpc) is 2.38. The van der Waals surface area contributed by atoms with E-state index in [0.29, 0.717) is 11.3 Å². The number of nitrogens with zero attached hydrogens (tertiary/aromatic N) is 1. The second-order valence-electron chi connectivity index (χ2n) is 3.56. The Hall–Kier alpha value is -1.62. The molecule has 1 aromatic carbocycles. The van der Waals surface area contributed by atoms with Crippen LogP contribution in [0, 0.1) is 5.82 Å². The van der Waals surface area contributed by atoms with Crippen LogP contribution in [0.4, 0.5) is 4.39 Å². The summed E-state index contributed by atoms with van der Waals surface area (Å²) in [6.07, 6.45) is 3.22. The van der Waals surface area contributed by atoms with Crippen molar-refractivity contribution in [3.8, 4) is 11.5 Å². The van der Waals surface area contributed by atoms with E-state index in [-0.39, 0.29) is 12.4 Å². The second kappa shape index (κ2) is 5.82. The molecule has 0 aliphatic heterocycles. The minimum atomic E-state index is -0.400. The van der Waals surface area contributed by atoms with E-state index in [4.69, 9.17) is 9.47 Å². The summed E-state index contributed by atoms with van der Waals surface area (Å²) < 4.78 is 25.0. The summed E-state index contributed by atoms with van der Waals surface area (Å²) in [5.41, 5.74) is 0.439. The standard InChI is InChI=1S/C13H11BrFNO2/c1-17-12-4-2-3-9(13(12)15)8-18-11-5-10(14)6-16-7-11/h2-7H,8H2,1H3. The number of aromatic nitrogens is 1. The molecule has 0 amide bonds. The van der Waals surface area contributed by atoms with Crippen LogP contribution in [0.15, 0.2) is 41.1 Å². The molecule has 5 heteroatoms. The number of ether oxygens (including phenoxy) is 2. The van der Waals surface area contributed by atoms with E-state index in [9.17, 15) is 4.39 Å². The molecule has 0 atom stereocenters. The summed E-state index contributed by atoms with van der Waals surface area (Å²) in [7, 11) is 1.43. The lowest BCUT2D eigenvalue weighted by Crippen LogP contribution is -2.00. The molecule has 0 fully saturated rings. The van der Waals surface area contributed by atoms with Gasteiger partial charge >= 0.3 is 0 Å². The molecule has 3 nitrogen and oxygen atoms in total. The first kappa shape index (κ1) is 12.8. The zero-order chi connectivity index (χ0) is 13.0. The largest absolute Gasteiger partial charge is 0.494 e. The Morgan fingerprint density at radius 1 is 1.33 bits per heavy atom. The summed E-state index contributed by atoms with van der Waals surface area (Å²) in [6.45, 7) is 0.126. The van der Waals surface area contributed by atoms with E-state index < -0.39 is 5.82 Å². The molecule has 0 spiro atoms. The van der Waals surface area contributed by atoms with Gasteiger partial charge in [-0.2, -0.15) is 0 Å². The van der Waals surface area contributed by atoms with Crippen molar-refractivity contribution < 1.29 is 13.9 Å². The number of pyridine rings is 1. The molecular weight excluding hydrogens is 301 g/mol. The number of hydrogen-bond acceptors (Lipinski definition) is 3. The Morgan fingerprint density at radius 2 is 2.17 bits per heavy atom. The molecule has 2 rings (SSSR count).